The topological polar surface area (TPSA) is 119 Å². The Bertz CT molecular complexity index is 662. The molecule has 0 aromatic heterocycles. The summed E-state index contributed by atoms with van der Waals surface area (Å²) in [6.07, 6.45) is 1.72. The van der Waals surface area contributed by atoms with Crippen molar-refractivity contribution in [3.63, 3.8) is 0 Å². The van der Waals surface area contributed by atoms with Gasteiger partial charge in [-0.15, -0.1) is 11.6 Å². The van der Waals surface area contributed by atoms with Crippen LogP contribution in [0.2, 0.25) is 0 Å². The van der Waals surface area contributed by atoms with Crippen LogP contribution < -0.4 is 10.1 Å². The van der Waals surface area contributed by atoms with Crippen LogP contribution in [0.4, 0.5) is 0 Å². The van der Waals surface area contributed by atoms with E-state index in [1.54, 1.807) is 19.1 Å². The summed E-state index contributed by atoms with van der Waals surface area (Å²) in [6, 6.07) is 6.22. The van der Waals surface area contributed by atoms with Crippen LogP contribution in [0.15, 0.2) is 30.0 Å². The molecule has 1 rings (SSSR count). The molecule has 10 heteroatoms. The Kier molecular flexibility index (Phi) is 8.17. The molecule has 1 aromatic rings. The third-order valence-corrected chi connectivity index (χ3v) is 3.85. The third-order valence-electron chi connectivity index (χ3n) is 2.95. The zero-order valence-corrected chi connectivity index (χ0v) is 14.7. The molecule has 0 heterocycles. The van der Waals surface area contributed by atoms with E-state index in [2.05, 4.69) is 5.32 Å². The van der Waals surface area contributed by atoms with Gasteiger partial charge in [-0.2, -0.15) is 0 Å². The highest BCUT2D eigenvalue weighted by molar-refractivity contribution is 6.37. The van der Waals surface area contributed by atoms with E-state index in [1.807, 2.05) is 0 Å². The quantitative estimate of drug-likeness (QED) is 0.379. The van der Waals surface area contributed by atoms with Crippen LogP contribution in [-0.4, -0.2) is 39.4 Å². The summed E-state index contributed by atoms with van der Waals surface area (Å²) < 4.78 is 5.31. The second-order valence-electron chi connectivity index (χ2n) is 4.80. The molecule has 1 aromatic carbocycles. The lowest BCUT2D eigenvalue weighted by atomic mass is 10.1. The summed E-state index contributed by atoms with van der Waals surface area (Å²) in [5.74, 6) is -1.69. The van der Waals surface area contributed by atoms with E-state index >= 15 is 0 Å². The van der Waals surface area contributed by atoms with Crippen LogP contribution in [0, 0.1) is 10.1 Å². The van der Waals surface area contributed by atoms with E-state index in [-0.39, 0.29) is 12.1 Å². The molecule has 2 atom stereocenters. The zero-order chi connectivity index (χ0) is 19.0. The summed E-state index contributed by atoms with van der Waals surface area (Å²) in [5, 5.41) is 20.1. The second kappa shape index (κ2) is 9.85. The number of rotatable bonds is 9. The molecule has 25 heavy (non-hydrogen) atoms. The fourth-order valence-electron chi connectivity index (χ4n) is 1.69. The van der Waals surface area contributed by atoms with Crippen LogP contribution >= 0.6 is 23.2 Å². The lowest BCUT2D eigenvalue weighted by molar-refractivity contribution is -0.425. The minimum absolute atomic E-state index is 0.0693. The number of aliphatic carboxylic acids is 1. The number of carbonyl (C=O) groups excluding carboxylic acids is 1. The lowest BCUT2D eigenvalue weighted by Gasteiger charge is -2.17. The molecule has 0 radical (unpaired) electrons. The van der Waals surface area contributed by atoms with Crippen molar-refractivity contribution in [3.05, 3.63) is 45.6 Å². The van der Waals surface area contributed by atoms with Crippen molar-refractivity contribution in [2.45, 2.75) is 24.3 Å². The van der Waals surface area contributed by atoms with Crippen molar-refractivity contribution in [2.75, 3.05) is 6.54 Å². The SMILES string of the molecule is CCC(=Cc1ccc(OC(Cl)C(Cl)C(=O)NCC(=O)O)cc1)[N+](=O)[O-]. The van der Waals surface area contributed by atoms with E-state index in [9.17, 15) is 19.7 Å². The number of alkyl halides is 2. The monoisotopic (exact) mass is 390 g/mol. The summed E-state index contributed by atoms with van der Waals surface area (Å²) in [5.41, 5.74) is -0.560. The van der Waals surface area contributed by atoms with Crippen molar-refractivity contribution < 1.29 is 24.4 Å². The number of hydrogen-bond donors (Lipinski definition) is 2. The number of carboxylic acid groups (broad SMARTS) is 1. The Morgan fingerprint density at radius 2 is 1.96 bits per heavy atom. The average molecular weight is 391 g/mol. The summed E-state index contributed by atoms with van der Waals surface area (Å²) in [7, 11) is 0. The van der Waals surface area contributed by atoms with Gasteiger partial charge >= 0.3 is 5.97 Å². The average Bonchev–Trinajstić information content (AvgIpc) is 2.57. The Labute approximate surface area is 153 Å². The maximum atomic E-state index is 11.6. The lowest BCUT2D eigenvalue weighted by Crippen LogP contribution is -2.40. The highest BCUT2D eigenvalue weighted by Crippen LogP contribution is 2.20. The van der Waals surface area contributed by atoms with Crippen molar-refractivity contribution in [1.82, 2.24) is 5.32 Å². The van der Waals surface area contributed by atoms with Gasteiger partial charge in [0.2, 0.25) is 11.6 Å². The maximum Gasteiger partial charge on any atom is 0.322 e. The molecule has 0 aliphatic heterocycles. The van der Waals surface area contributed by atoms with Crippen LogP contribution in [0.5, 0.6) is 5.75 Å². The first-order valence-corrected chi connectivity index (χ1v) is 8.01. The van der Waals surface area contributed by atoms with E-state index in [4.69, 9.17) is 33.0 Å². The van der Waals surface area contributed by atoms with Gasteiger partial charge in [0.1, 0.15) is 12.3 Å². The molecule has 1 amide bonds. The highest BCUT2D eigenvalue weighted by Gasteiger charge is 2.26. The number of ether oxygens (including phenoxy) is 1. The Balaban J connectivity index is 2.69. The highest BCUT2D eigenvalue weighted by atomic mass is 35.5. The third kappa shape index (κ3) is 6.98. The molecule has 0 aliphatic rings. The van der Waals surface area contributed by atoms with Crippen molar-refractivity contribution in [1.29, 1.82) is 0 Å². The molecular formula is C15H16Cl2N2O6. The molecule has 0 aliphatic carbocycles. The standard InChI is InChI=1S/C15H16Cl2N2O6/c1-2-10(19(23)24)7-9-3-5-11(6-4-9)25-14(17)13(16)15(22)18-8-12(20)21/h3-7,13-14H,2,8H2,1H3,(H,18,22)(H,20,21). The number of hydrogen-bond acceptors (Lipinski definition) is 5. The number of nitrogens with zero attached hydrogens (tertiary/aromatic N) is 1. The number of carboxylic acids is 1. The Morgan fingerprint density at radius 3 is 2.44 bits per heavy atom. The number of halogens is 2. The molecule has 0 bridgehead atoms. The van der Waals surface area contributed by atoms with E-state index in [0.717, 1.165) is 0 Å². The van der Waals surface area contributed by atoms with Gasteiger partial charge in [-0.05, 0) is 17.7 Å². The van der Waals surface area contributed by atoms with Gasteiger partial charge in [0.15, 0.2) is 10.9 Å². The first-order chi connectivity index (χ1) is 11.7. The van der Waals surface area contributed by atoms with Crippen LogP contribution in [0.25, 0.3) is 6.08 Å². The summed E-state index contributed by atoms with van der Waals surface area (Å²) in [4.78, 5) is 32.3. The molecule has 2 unspecified atom stereocenters. The Hall–Kier alpha value is -2.32. The molecule has 0 saturated heterocycles. The predicted octanol–water partition coefficient (Wildman–Crippen LogP) is 2.47. The van der Waals surface area contributed by atoms with Gasteiger partial charge in [0, 0.05) is 12.5 Å². The first kappa shape index (κ1) is 20.7. The Morgan fingerprint density at radius 1 is 1.36 bits per heavy atom. The van der Waals surface area contributed by atoms with Crippen LogP contribution in [-0.2, 0) is 9.59 Å². The number of benzene rings is 1. The van der Waals surface area contributed by atoms with Gasteiger partial charge in [-0.1, -0.05) is 30.7 Å². The number of allylic oxidation sites excluding steroid dienone is 1. The normalized spacial score (nSPS) is 13.6. The van der Waals surface area contributed by atoms with Crippen molar-refractivity contribution >= 4 is 41.2 Å². The smallest absolute Gasteiger partial charge is 0.322 e. The molecule has 2 N–H and O–H groups in total. The molecule has 136 valence electrons. The van der Waals surface area contributed by atoms with E-state index in [1.165, 1.54) is 18.2 Å². The number of amides is 1. The van der Waals surface area contributed by atoms with Gasteiger partial charge in [-0.25, -0.2) is 0 Å². The van der Waals surface area contributed by atoms with Crippen molar-refractivity contribution in [3.8, 4) is 5.75 Å². The number of nitro groups is 1. The van der Waals surface area contributed by atoms with Crippen LogP contribution in [0.1, 0.15) is 18.9 Å². The number of nitrogens with one attached hydrogen (secondary N) is 1. The molecule has 0 spiro atoms. The number of carbonyl (C=O) groups is 2. The second-order valence-corrected chi connectivity index (χ2v) is 5.70. The van der Waals surface area contributed by atoms with Gasteiger partial charge in [-0.3, -0.25) is 19.7 Å². The molecular weight excluding hydrogens is 375 g/mol. The first-order valence-electron chi connectivity index (χ1n) is 7.14. The van der Waals surface area contributed by atoms with Crippen LogP contribution in [0.3, 0.4) is 0 Å². The largest absolute Gasteiger partial charge is 0.480 e. The zero-order valence-electron chi connectivity index (χ0n) is 13.1. The van der Waals surface area contributed by atoms with Gasteiger partial charge < -0.3 is 15.2 Å². The van der Waals surface area contributed by atoms with Crippen molar-refractivity contribution in [2.24, 2.45) is 0 Å². The maximum absolute atomic E-state index is 11.6. The van der Waals surface area contributed by atoms with Gasteiger partial charge in [0.25, 0.3) is 0 Å². The van der Waals surface area contributed by atoms with E-state index in [0.29, 0.717) is 11.3 Å². The minimum Gasteiger partial charge on any atom is -0.480 e. The fraction of sp³-hybridized carbons (Fsp3) is 0.333. The minimum atomic E-state index is -1.30. The predicted molar refractivity (Wildman–Crippen MR) is 92.3 cm³/mol. The molecule has 0 saturated carbocycles. The summed E-state index contributed by atoms with van der Waals surface area (Å²) >= 11 is 11.7. The molecule has 8 nitrogen and oxygen atoms in total. The summed E-state index contributed by atoms with van der Waals surface area (Å²) in [6.45, 7) is 1.10. The van der Waals surface area contributed by atoms with E-state index < -0.39 is 34.3 Å². The molecule has 0 fully saturated rings. The van der Waals surface area contributed by atoms with Gasteiger partial charge in [0.05, 0.1) is 4.92 Å². The fourth-order valence-corrected chi connectivity index (χ4v) is 2.03.